The monoisotopic (exact) mass is 294 g/mol. The Kier molecular flexibility index (Phi) is 4.29. The Morgan fingerprint density at radius 3 is 2.10 bits per heavy atom. The minimum atomic E-state index is -0.399. The summed E-state index contributed by atoms with van der Waals surface area (Å²) >= 11 is 0. The van der Waals surface area contributed by atoms with E-state index in [1.54, 1.807) is 9.80 Å². The summed E-state index contributed by atoms with van der Waals surface area (Å²) in [4.78, 5) is 39.0. The smallest absolute Gasteiger partial charge is 0.270 e. The first kappa shape index (κ1) is 15.5. The zero-order valence-electron chi connectivity index (χ0n) is 12.8. The van der Waals surface area contributed by atoms with Crippen LogP contribution in [0.5, 0.6) is 0 Å². The van der Waals surface area contributed by atoms with Crippen molar-refractivity contribution in [3.8, 4) is 0 Å². The van der Waals surface area contributed by atoms with Crippen molar-refractivity contribution in [2.75, 3.05) is 26.2 Å². The molecule has 21 heavy (non-hydrogen) atoms. The normalized spacial score (nSPS) is 20.0. The van der Waals surface area contributed by atoms with E-state index in [4.69, 9.17) is 0 Å². The highest BCUT2D eigenvalue weighted by molar-refractivity contribution is 6.39. The largest absolute Gasteiger partial charge is 0.339 e. The van der Waals surface area contributed by atoms with Gasteiger partial charge in [-0.15, -0.1) is 0 Å². The summed E-state index contributed by atoms with van der Waals surface area (Å²) in [6.45, 7) is 7.79. The Morgan fingerprint density at radius 2 is 1.62 bits per heavy atom. The molecule has 1 saturated heterocycles. The molecule has 1 fully saturated rings. The van der Waals surface area contributed by atoms with Crippen molar-refractivity contribution in [1.82, 2.24) is 15.2 Å². The van der Waals surface area contributed by atoms with Gasteiger partial charge in [-0.1, -0.05) is 20.8 Å². The van der Waals surface area contributed by atoms with E-state index >= 15 is 0 Å². The van der Waals surface area contributed by atoms with Gasteiger partial charge in [0.1, 0.15) is 5.71 Å². The van der Waals surface area contributed by atoms with Crippen LogP contribution in [0.25, 0.3) is 0 Å². The molecule has 1 N–H and O–H groups in total. The molecule has 0 aromatic carbocycles. The second-order valence-electron chi connectivity index (χ2n) is 6.43. The van der Waals surface area contributed by atoms with Gasteiger partial charge in [-0.05, 0) is 0 Å². The quantitative estimate of drug-likeness (QED) is 0.737. The fraction of sp³-hybridized carbons (Fsp3) is 0.714. The van der Waals surface area contributed by atoms with Gasteiger partial charge in [0.2, 0.25) is 11.8 Å². The van der Waals surface area contributed by atoms with Gasteiger partial charge in [-0.2, -0.15) is 5.10 Å². The van der Waals surface area contributed by atoms with Crippen molar-refractivity contribution in [3.63, 3.8) is 0 Å². The lowest BCUT2D eigenvalue weighted by atomic mass is 9.94. The van der Waals surface area contributed by atoms with E-state index in [2.05, 4.69) is 10.5 Å². The maximum atomic E-state index is 12.3. The van der Waals surface area contributed by atoms with Crippen LogP contribution < -0.4 is 5.43 Å². The van der Waals surface area contributed by atoms with Gasteiger partial charge in [0.15, 0.2) is 0 Å². The van der Waals surface area contributed by atoms with Crippen molar-refractivity contribution in [3.05, 3.63) is 0 Å². The van der Waals surface area contributed by atoms with Crippen LogP contribution in [0, 0.1) is 5.41 Å². The first-order valence-electron chi connectivity index (χ1n) is 7.23. The predicted molar refractivity (Wildman–Crippen MR) is 77.4 cm³/mol. The highest BCUT2D eigenvalue weighted by Gasteiger charge is 2.32. The third kappa shape index (κ3) is 3.59. The number of hydrogen-bond donors (Lipinski definition) is 1. The average Bonchev–Trinajstić information content (AvgIpc) is 2.46. The summed E-state index contributed by atoms with van der Waals surface area (Å²) in [5.74, 6) is -0.193. The molecular weight excluding hydrogens is 272 g/mol. The van der Waals surface area contributed by atoms with Crippen LogP contribution in [-0.2, 0) is 14.4 Å². The van der Waals surface area contributed by atoms with Crippen LogP contribution in [0.4, 0.5) is 0 Å². The molecule has 0 aliphatic carbocycles. The van der Waals surface area contributed by atoms with Crippen LogP contribution in [-0.4, -0.2) is 59.4 Å². The third-order valence-electron chi connectivity index (χ3n) is 3.65. The lowest BCUT2D eigenvalue weighted by Crippen LogP contribution is -2.54. The van der Waals surface area contributed by atoms with E-state index in [0.29, 0.717) is 44.7 Å². The standard InChI is InChI=1S/C14H22N4O3/c1-14(2,3)13(21)18-8-6-17(7-9-18)12(20)10-4-5-11(19)16-15-10/h4-9H2,1-3H3,(H,16,19). The second-order valence-corrected chi connectivity index (χ2v) is 6.43. The van der Waals surface area contributed by atoms with E-state index in [-0.39, 0.29) is 17.7 Å². The van der Waals surface area contributed by atoms with Crippen LogP contribution in [0.2, 0.25) is 0 Å². The minimum Gasteiger partial charge on any atom is -0.339 e. The van der Waals surface area contributed by atoms with Gasteiger partial charge in [-0.3, -0.25) is 14.4 Å². The molecule has 0 bridgehead atoms. The zero-order valence-corrected chi connectivity index (χ0v) is 12.8. The molecular formula is C14H22N4O3. The van der Waals surface area contributed by atoms with Crippen LogP contribution in [0.3, 0.4) is 0 Å². The highest BCUT2D eigenvalue weighted by atomic mass is 16.2. The van der Waals surface area contributed by atoms with Crippen molar-refractivity contribution in [1.29, 1.82) is 0 Å². The maximum Gasteiger partial charge on any atom is 0.270 e. The summed E-state index contributed by atoms with van der Waals surface area (Å²) < 4.78 is 0. The topological polar surface area (TPSA) is 82.1 Å². The molecule has 2 rings (SSSR count). The molecule has 0 unspecified atom stereocenters. The van der Waals surface area contributed by atoms with Gasteiger partial charge in [0.05, 0.1) is 0 Å². The Labute approximate surface area is 124 Å². The van der Waals surface area contributed by atoms with Crippen LogP contribution >= 0.6 is 0 Å². The van der Waals surface area contributed by atoms with E-state index in [0.717, 1.165) is 0 Å². The number of hydrazone groups is 1. The zero-order chi connectivity index (χ0) is 15.6. The van der Waals surface area contributed by atoms with Crippen molar-refractivity contribution in [2.24, 2.45) is 10.5 Å². The lowest BCUT2D eigenvalue weighted by Gasteiger charge is -2.37. The van der Waals surface area contributed by atoms with Crippen LogP contribution in [0.15, 0.2) is 5.10 Å². The van der Waals surface area contributed by atoms with Gasteiger partial charge in [0, 0.05) is 44.4 Å². The Morgan fingerprint density at radius 1 is 1.05 bits per heavy atom. The first-order chi connectivity index (χ1) is 9.79. The van der Waals surface area contributed by atoms with E-state index < -0.39 is 5.41 Å². The molecule has 2 aliphatic heterocycles. The summed E-state index contributed by atoms with van der Waals surface area (Å²) in [6.07, 6.45) is 0.679. The fourth-order valence-electron chi connectivity index (χ4n) is 2.40. The number of nitrogens with zero attached hydrogens (tertiary/aromatic N) is 3. The molecule has 0 aromatic heterocycles. The fourth-order valence-corrected chi connectivity index (χ4v) is 2.40. The van der Waals surface area contributed by atoms with Crippen molar-refractivity contribution < 1.29 is 14.4 Å². The summed E-state index contributed by atoms with van der Waals surface area (Å²) in [7, 11) is 0. The molecule has 0 spiro atoms. The second kappa shape index (κ2) is 5.83. The maximum absolute atomic E-state index is 12.3. The van der Waals surface area contributed by atoms with Gasteiger partial charge in [0.25, 0.3) is 5.91 Å². The van der Waals surface area contributed by atoms with Gasteiger partial charge in [-0.25, -0.2) is 5.43 Å². The number of hydrogen-bond acceptors (Lipinski definition) is 4. The van der Waals surface area contributed by atoms with E-state index in [1.807, 2.05) is 20.8 Å². The van der Waals surface area contributed by atoms with Gasteiger partial charge >= 0.3 is 0 Å². The Balaban J connectivity index is 1.91. The molecule has 0 atom stereocenters. The number of nitrogens with one attached hydrogen (secondary N) is 1. The molecule has 2 aliphatic rings. The Bertz CT molecular complexity index is 485. The van der Waals surface area contributed by atoms with Gasteiger partial charge < -0.3 is 9.80 Å². The van der Waals surface area contributed by atoms with Crippen molar-refractivity contribution >= 4 is 23.4 Å². The number of amides is 3. The molecule has 7 heteroatoms. The lowest BCUT2D eigenvalue weighted by molar-refractivity contribution is -0.143. The SMILES string of the molecule is CC(C)(C)C(=O)N1CCN(C(=O)C2=NNC(=O)CC2)CC1. The number of piperazine rings is 1. The summed E-state index contributed by atoms with van der Waals surface area (Å²) in [5.41, 5.74) is 2.33. The summed E-state index contributed by atoms with van der Waals surface area (Å²) in [5, 5.41) is 3.82. The number of carbonyl (C=O) groups excluding carboxylic acids is 3. The molecule has 0 aromatic rings. The minimum absolute atomic E-state index is 0.108. The van der Waals surface area contributed by atoms with E-state index in [1.165, 1.54) is 0 Å². The molecule has 116 valence electrons. The van der Waals surface area contributed by atoms with Crippen molar-refractivity contribution in [2.45, 2.75) is 33.6 Å². The van der Waals surface area contributed by atoms with Crippen LogP contribution in [0.1, 0.15) is 33.6 Å². The molecule has 2 heterocycles. The average molecular weight is 294 g/mol. The summed E-state index contributed by atoms with van der Waals surface area (Å²) in [6, 6.07) is 0. The molecule has 3 amide bonds. The number of carbonyl (C=O) groups is 3. The molecule has 0 saturated carbocycles. The predicted octanol–water partition coefficient (Wildman–Crippen LogP) is -0.0307. The molecule has 0 radical (unpaired) electrons. The van der Waals surface area contributed by atoms with E-state index in [9.17, 15) is 14.4 Å². The number of rotatable bonds is 1. The Hall–Kier alpha value is -1.92. The third-order valence-corrected chi connectivity index (χ3v) is 3.65. The first-order valence-corrected chi connectivity index (χ1v) is 7.23. The molecule has 7 nitrogen and oxygen atoms in total. The highest BCUT2D eigenvalue weighted by Crippen LogP contribution is 2.19.